The van der Waals surface area contributed by atoms with E-state index in [9.17, 15) is 4.79 Å². The van der Waals surface area contributed by atoms with Crippen molar-refractivity contribution >= 4 is 34.0 Å². The molecule has 0 saturated carbocycles. The molecule has 19 heavy (non-hydrogen) atoms. The lowest BCUT2D eigenvalue weighted by molar-refractivity contribution is 0.104. The van der Waals surface area contributed by atoms with Crippen LogP contribution < -0.4 is 5.73 Å². The lowest BCUT2D eigenvalue weighted by atomic mass is 10.0. The molecule has 0 radical (unpaired) electrons. The first-order valence-corrected chi connectivity index (χ1v) is 6.21. The van der Waals surface area contributed by atoms with Gasteiger partial charge in [0.1, 0.15) is 0 Å². The Labute approximate surface area is 115 Å². The highest BCUT2D eigenvalue weighted by Gasteiger charge is 2.16. The maximum absolute atomic E-state index is 12.5. The molecule has 1 heterocycles. The number of fused-ring (bicyclic) bond motifs is 1. The number of hydrogen-bond acceptors (Lipinski definition) is 2. The first-order valence-electron chi connectivity index (χ1n) is 5.83. The highest BCUT2D eigenvalue weighted by atomic mass is 35.5. The fourth-order valence-electron chi connectivity index (χ4n) is 2.15. The molecular weight excluding hydrogens is 260 g/mol. The highest BCUT2D eigenvalue weighted by Crippen LogP contribution is 2.27. The number of carbonyl (C=O) groups is 1. The molecule has 0 bridgehead atoms. The average Bonchev–Trinajstić information content (AvgIpc) is 2.84. The van der Waals surface area contributed by atoms with Gasteiger partial charge < -0.3 is 10.7 Å². The van der Waals surface area contributed by atoms with Gasteiger partial charge in [-0.25, -0.2) is 0 Å². The molecule has 4 heteroatoms. The van der Waals surface area contributed by atoms with Crippen molar-refractivity contribution in [2.75, 3.05) is 5.73 Å². The van der Waals surface area contributed by atoms with Gasteiger partial charge in [-0.05, 0) is 18.2 Å². The van der Waals surface area contributed by atoms with E-state index >= 15 is 0 Å². The van der Waals surface area contributed by atoms with Gasteiger partial charge in [0, 0.05) is 28.4 Å². The summed E-state index contributed by atoms with van der Waals surface area (Å²) in [5, 5.41) is 1.40. The van der Waals surface area contributed by atoms with E-state index in [1.165, 1.54) is 0 Å². The van der Waals surface area contributed by atoms with Gasteiger partial charge in [0.05, 0.1) is 10.5 Å². The van der Waals surface area contributed by atoms with Crippen LogP contribution in [0.4, 0.5) is 5.69 Å². The summed E-state index contributed by atoms with van der Waals surface area (Å²) in [4.78, 5) is 15.5. The summed E-state index contributed by atoms with van der Waals surface area (Å²) < 4.78 is 0. The molecule has 0 amide bonds. The van der Waals surface area contributed by atoms with E-state index in [2.05, 4.69) is 4.98 Å². The van der Waals surface area contributed by atoms with Gasteiger partial charge in [-0.15, -0.1) is 0 Å². The van der Waals surface area contributed by atoms with Gasteiger partial charge in [0.25, 0.3) is 0 Å². The Balaban J connectivity index is 2.18. The first kappa shape index (κ1) is 11.8. The molecule has 0 aliphatic carbocycles. The van der Waals surface area contributed by atoms with Crippen molar-refractivity contribution in [1.29, 1.82) is 0 Å². The maximum Gasteiger partial charge on any atom is 0.197 e. The standard InChI is InChI=1S/C15H11ClN2O/c16-12-6-3-5-9-11(8-18-14(9)12)15(19)10-4-1-2-7-13(10)17/h1-8,18H,17H2. The second-order valence-electron chi connectivity index (χ2n) is 4.28. The molecule has 3 rings (SSSR count). The molecular formula is C15H11ClN2O. The Morgan fingerprint density at radius 2 is 1.84 bits per heavy atom. The number of rotatable bonds is 2. The molecule has 0 aliphatic heterocycles. The molecule has 3 N–H and O–H groups in total. The number of hydrogen-bond donors (Lipinski definition) is 2. The molecule has 0 fully saturated rings. The van der Waals surface area contributed by atoms with Crippen LogP contribution in [-0.4, -0.2) is 10.8 Å². The lowest BCUT2D eigenvalue weighted by Crippen LogP contribution is -2.04. The van der Waals surface area contributed by atoms with Crippen LogP contribution in [0.5, 0.6) is 0 Å². The largest absolute Gasteiger partial charge is 0.398 e. The maximum atomic E-state index is 12.5. The number of nitrogens with one attached hydrogen (secondary N) is 1. The SMILES string of the molecule is Nc1ccccc1C(=O)c1c[nH]c2c(Cl)cccc12. The number of H-pyrrole nitrogens is 1. The van der Waals surface area contributed by atoms with Gasteiger partial charge in [0.2, 0.25) is 0 Å². The van der Waals surface area contributed by atoms with Crippen LogP contribution in [0, 0.1) is 0 Å². The Kier molecular flexibility index (Phi) is 2.76. The van der Waals surface area contributed by atoms with Crippen molar-refractivity contribution in [1.82, 2.24) is 4.98 Å². The monoisotopic (exact) mass is 270 g/mol. The van der Waals surface area contributed by atoms with Crippen LogP contribution in [0.3, 0.4) is 0 Å². The zero-order chi connectivity index (χ0) is 13.4. The minimum Gasteiger partial charge on any atom is -0.398 e. The Hall–Kier alpha value is -2.26. The summed E-state index contributed by atoms with van der Waals surface area (Å²) in [6, 6.07) is 12.5. The minimum atomic E-state index is -0.105. The number of aromatic amines is 1. The molecule has 0 aliphatic rings. The Morgan fingerprint density at radius 3 is 2.63 bits per heavy atom. The van der Waals surface area contributed by atoms with E-state index in [1.54, 1.807) is 36.5 Å². The van der Waals surface area contributed by atoms with Gasteiger partial charge >= 0.3 is 0 Å². The summed E-state index contributed by atoms with van der Waals surface area (Å²) in [5.41, 5.74) is 8.17. The molecule has 2 aromatic carbocycles. The van der Waals surface area contributed by atoms with Gasteiger partial charge in [-0.1, -0.05) is 35.9 Å². The highest BCUT2D eigenvalue weighted by molar-refractivity contribution is 6.36. The normalized spacial score (nSPS) is 10.8. The fourth-order valence-corrected chi connectivity index (χ4v) is 2.38. The van der Waals surface area contributed by atoms with E-state index in [4.69, 9.17) is 17.3 Å². The van der Waals surface area contributed by atoms with Crippen molar-refractivity contribution in [3.8, 4) is 0 Å². The molecule has 0 atom stereocenters. The third-order valence-corrected chi connectivity index (χ3v) is 3.43. The number of nitrogen functional groups attached to an aromatic ring is 1. The Bertz CT molecular complexity index is 777. The zero-order valence-corrected chi connectivity index (χ0v) is 10.7. The van der Waals surface area contributed by atoms with Crippen molar-refractivity contribution in [2.45, 2.75) is 0 Å². The predicted octanol–water partition coefficient (Wildman–Crippen LogP) is 3.63. The predicted molar refractivity (Wildman–Crippen MR) is 77.6 cm³/mol. The summed E-state index contributed by atoms with van der Waals surface area (Å²) in [7, 11) is 0. The summed E-state index contributed by atoms with van der Waals surface area (Å²) in [5.74, 6) is -0.105. The molecule has 3 aromatic rings. The molecule has 94 valence electrons. The summed E-state index contributed by atoms with van der Waals surface area (Å²) in [6.45, 7) is 0. The third kappa shape index (κ3) is 1.88. The van der Waals surface area contributed by atoms with Gasteiger partial charge in [0.15, 0.2) is 5.78 Å². The fraction of sp³-hybridized carbons (Fsp3) is 0. The molecule has 1 aromatic heterocycles. The van der Waals surface area contributed by atoms with Crippen LogP contribution in [0.15, 0.2) is 48.7 Å². The molecule has 3 nitrogen and oxygen atoms in total. The average molecular weight is 271 g/mol. The number of ketones is 1. The number of nitrogens with two attached hydrogens (primary N) is 1. The number of anilines is 1. The summed E-state index contributed by atoms with van der Waals surface area (Å²) in [6.07, 6.45) is 1.67. The second-order valence-corrected chi connectivity index (χ2v) is 4.69. The quantitative estimate of drug-likeness (QED) is 0.552. The van der Waals surface area contributed by atoms with Crippen LogP contribution in [0.2, 0.25) is 5.02 Å². The van der Waals surface area contributed by atoms with Crippen LogP contribution in [-0.2, 0) is 0 Å². The Morgan fingerprint density at radius 1 is 1.05 bits per heavy atom. The van der Waals surface area contributed by atoms with Gasteiger partial charge in [-0.2, -0.15) is 0 Å². The first-order chi connectivity index (χ1) is 9.18. The lowest BCUT2D eigenvalue weighted by Gasteiger charge is -2.03. The van der Waals surface area contributed by atoms with Crippen molar-refractivity contribution in [3.63, 3.8) is 0 Å². The van der Waals surface area contributed by atoms with Crippen LogP contribution in [0.25, 0.3) is 10.9 Å². The van der Waals surface area contributed by atoms with Crippen molar-refractivity contribution in [2.24, 2.45) is 0 Å². The van der Waals surface area contributed by atoms with E-state index < -0.39 is 0 Å². The van der Waals surface area contributed by atoms with E-state index in [0.717, 1.165) is 10.9 Å². The number of halogens is 1. The van der Waals surface area contributed by atoms with Crippen molar-refractivity contribution in [3.05, 3.63) is 64.8 Å². The number of aromatic nitrogens is 1. The van der Waals surface area contributed by atoms with Crippen LogP contribution >= 0.6 is 11.6 Å². The van der Waals surface area contributed by atoms with Gasteiger partial charge in [-0.3, -0.25) is 4.79 Å². The number of carbonyl (C=O) groups excluding carboxylic acids is 1. The number of benzene rings is 2. The topological polar surface area (TPSA) is 58.9 Å². The van der Waals surface area contributed by atoms with Crippen LogP contribution in [0.1, 0.15) is 15.9 Å². The number of para-hydroxylation sites is 2. The summed E-state index contributed by atoms with van der Waals surface area (Å²) >= 11 is 6.09. The molecule has 0 spiro atoms. The zero-order valence-electron chi connectivity index (χ0n) is 9.98. The van der Waals surface area contributed by atoms with Crippen molar-refractivity contribution < 1.29 is 4.79 Å². The third-order valence-electron chi connectivity index (χ3n) is 3.11. The van der Waals surface area contributed by atoms with E-state index in [0.29, 0.717) is 21.8 Å². The molecule has 0 saturated heterocycles. The second kappa shape index (κ2) is 4.44. The molecule has 0 unspecified atom stereocenters. The van der Waals surface area contributed by atoms with E-state index in [-0.39, 0.29) is 5.78 Å². The smallest absolute Gasteiger partial charge is 0.197 e. The minimum absolute atomic E-state index is 0.105. The van der Waals surface area contributed by atoms with E-state index in [1.807, 2.05) is 12.1 Å².